The van der Waals surface area contributed by atoms with E-state index in [1.54, 1.807) is 17.8 Å². The van der Waals surface area contributed by atoms with Crippen LogP contribution in [-0.2, 0) is 10.0 Å². The quantitative estimate of drug-likeness (QED) is 0.524. The van der Waals surface area contributed by atoms with Gasteiger partial charge in [0.1, 0.15) is 5.69 Å². The molecule has 7 nitrogen and oxygen atoms in total. The SMILES string of the molecule is CSCC1CCCN1c1ccc(S(=O)(=O)N2CCCCCC2)cc1[N+](=O)[O-]. The molecule has 9 heteroatoms. The van der Waals surface area contributed by atoms with Gasteiger partial charge in [0, 0.05) is 37.5 Å². The fraction of sp³-hybridized carbons (Fsp3) is 0.667. The van der Waals surface area contributed by atoms with E-state index in [0.29, 0.717) is 18.8 Å². The standard InChI is InChI=1S/C18H27N3O4S2/c1-26-14-15-7-6-12-20(15)17-9-8-16(13-18(17)21(22)23)27(24,25)19-10-4-2-3-5-11-19/h8-9,13,15H,2-7,10-12,14H2,1H3. The molecule has 0 aliphatic carbocycles. The normalized spacial score (nSPS) is 22.0. The molecular weight excluding hydrogens is 386 g/mol. The Morgan fingerprint density at radius 2 is 1.85 bits per heavy atom. The van der Waals surface area contributed by atoms with Gasteiger partial charge in [-0.15, -0.1) is 0 Å². The van der Waals surface area contributed by atoms with Crippen LogP contribution in [-0.4, -0.2) is 55.3 Å². The van der Waals surface area contributed by atoms with Crippen molar-refractivity contribution in [2.45, 2.75) is 49.5 Å². The lowest BCUT2D eigenvalue weighted by Gasteiger charge is -2.26. The van der Waals surface area contributed by atoms with Gasteiger partial charge in [-0.05, 0) is 44.1 Å². The van der Waals surface area contributed by atoms with E-state index in [0.717, 1.165) is 50.8 Å². The fourth-order valence-corrected chi connectivity index (χ4v) is 6.27. The van der Waals surface area contributed by atoms with E-state index in [9.17, 15) is 18.5 Å². The molecule has 0 amide bonds. The van der Waals surface area contributed by atoms with Crippen molar-refractivity contribution in [1.29, 1.82) is 0 Å². The van der Waals surface area contributed by atoms with Gasteiger partial charge in [-0.25, -0.2) is 8.42 Å². The van der Waals surface area contributed by atoms with Gasteiger partial charge < -0.3 is 4.90 Å². The molecule has 1 aromatic carbocycles. The highest BCUT2D eigenvalue weighted by Gasteiger charge is 2.32. The first-order valence-corrected chi connectivity index (χ1v) is 12.3. The maximum Gasteiger partial charge on any atom is 0.293 e. The molecule has 0 radical (unpaired) electrons. The van der Waals surface area contributed by atoms with Crippen LogP contribution < -0.4 is 4.90 Å². The molecule has 2 saturated heterocycles. The summed E-state index contributed by atoms with van der Waals surface area (Å²) >= 11 is 1.73. The van der Waals surface area contributed by atoms with E-state index in [2.05, 4.69) is 4.90 Å². The molecule has 1 atom stereocenters. The summed E-state index contributed by atoms with van der Waals surface area (Å²) in [5.74, 6) is 0.908. The second kappa shape index (κ2) is 8.79. The second-order valence-corrected chi connectivity index (χ2v) is 10.0. The number of sulfonamides is 1. The highest BCUT2D eigenvalue weighted by Crippen LogP contribution is 2.36. The number of nitrogens with zero attached hydrogens (tertiary/aromatic N) is 3. The average Bonchev–Trinajstić information content (AvgIpc) is 2.92. The van der Waals surface area contributed by atoms with Crippen LogP contribution in [0.2, 0.25) is 0 Å². The van der Waals surface area contributed by atoms with E-state index < -0.39 is 14.9 Å². The van der Waals surface area contributed by atoms with Crippen LogP contribution in [0.3, 0.4) is 0 Å². The number of anilines is 1. The Kier molecular flexibility index (Phi) is 6.65. The van der Waals surface area contributed by atoms with Gasteiger partial charge in [0.15, 0.2) is 0 Å². The molecule has 0 aromatic heterocycles. The Balaban J connectivity index is 1.95. The van der Waals surface area contributed by atoms with Crippen LogP contribution in [0, 0.1) is 10.1 Å². The van der Waals surface area contributed by atoms with Crippen molar-refractivity contribution in [2.75, 3.05) is 36.5 Å². The largest absolute Gasteiger partial charge is 0.362 e. The molecule has 27 heavy (non-hydrogen) atoms. The Morgan fingerprint density at radius 1 is 1.15 bits per heavy atom. The van der Waals surface area contributed by atoms with Gasteiger partial charge in [0.05, 0.1) is 9.82 Å². The molecule has 2 aliphatic heterocycles. The number of thioether (sulfide) groups is 1. The summed E-state index contributed by atoms with van der Waals surface area (Å²) in [5, 5.41) is 11.7. The molecule has 3 rings (SSSR count). The van der Waals surface area contributed by atoms with Gasteiger partial charge in [-0.3, -0.25) is 10.1 Å². The first-order valence-electron chi connectivity index (χ1n) is 9.49. The predicted octanol–water partition coefficient (Wildman–Crippen LogP) is 3.49. The van der Waals surface area contributed by atoms with Crippen LogP contribution in [0.15, 0.2) is 23.1 Å². The molecular formula is C18H27N3O4S2. The number of nitro benzene ring substituents is 1. The van der Waals surface area contributed by atoms with Crippen molar-refractivity contribution in [2.24, 2.45) is 0 Å². The molecule has 0 spiro atoms. The lowest BCUT2D eigenvalue weighted by molar-refractivity contribution is -0.384. The van der Waals surface area contributed by atoms with Crippen LogP contribution in [0.1, 0.15) is 38.5 Å². The fourth-order valence-electron chi connectivity index (χ4n) is 4.00. The molecule has 1 unspecified atom stereocenters. The van der Waals surface area contributed by atoms with Crippen LogP contribution in [0.4, 0.5) is 11.4 Å². The first kappa shape index (κ1) is 20.4. The summed E-state index contributed by atoms with van der Waals surface area (Å²) in [7, 11) is -3.70. The molecule has 0 saturated carbocycles. The monoisotopic (exact) mass is 413 g/mol. The highest BCUT2D eigenvalue weighted by molar-refractivity contribution is 7.98. The van der Waals surface area contributed by atoms with Crippen molar-refractivity contribution in [3.63, 3.8) is 0 Å². The van der Waals surface area contributed by atoms with Crippen molar-refractivity contribution >= 4 is 33.2 Å². The minimum atomic E-state index is -3.70. The third-order valence-electron chi connectivity index (χ3n) is 5.39. The number of nitro groups is 1. The molecule has 2 aliphatic rings. The predicted molar refractivity (Wildman–Crippen MR) is 109 cm³/mol. The van der Waals surface area contributed by atoms with Gasteiger partial charge in [0.25, 0.3) is 5.69 Å². The van der Waals surface area contributed by atoms with E-state index >= 15 is 0 Å². The highest BCUT2D eigenvalue weighted by atomic mass is 32.2. The smallest absolute Gasteiger partial charge is 0.293 e. The summed E-state index contributed by atoms with van der Waals surface area (Å²) in [4.78, 5) is 13.4. The Morgan fingerprint density at radius 3 is 2.48 bits per heavy atom. The summed E-state index contributed by atoms with van der Waals surface area (Å²) in [6.07, 6.45) is 7.75. The zero-order chi connectivity index (χ0) is 19.4. The zero-order valence-electron chi connectivity index (χ0n) is 15.7. The molecule has 0 N–H and O–H groups in total. The van der Waals surface area contributed by atoms with Crippen molar-refractivity contribution in [3.05, 3.63) is 28.3 Å². The third-order valence-corrected chi connectivity index (χ3v) is 8.00. The molecule has 2 fully saturated rings. The Labute approximate surface area is 165 Å². The average molecular weight is 414 g/mol. The van der Waals surface area contributed by atoms with Crippen LogP contribution in [0.25, 0.3) is 0 Å². The van der Waals surface area contributed by atoms with Crippen molar-refractivity contribution in [3.8, 4) is 0 Å². The summed E-state index contributed by atoms with van der Waals surface area (Å²) in [6, 6.07) is 4.68. The maximum absolute atomic E-state index is 13.0. The number of rotatable bonds is 6. The van der Waals surface area contributed by atoms with Crippen molar-refractivity contribution in [1.82, 2.24) is 4.31 Å². The summed E-state index contributed by atoms with van der Waals surface area (Å²) in [5.41, 5.74) is 0.422. The zero-order valence-corrected chi connectivity index (χ0v) is 17.3. The van der Waals surface area contributed by atoms with E-state index in [1.165, 1.54) is 16.4 Å². The molecule has 0 bridgehead atoms. The van der Waals surface area contributed by atoms with E-state index in [1.807, 2.05) is 6.26 Å². The minimum absolute atomic E-state index is 0.0282. The lowest BCUT2D eigenvalue weighted by atomic mass is 10.2. The van der Waals surface area contributed by atoms with Crippen LogP contribution in [0.5, 0.6) is 0 Å². The molecule has 1 aromatic rings. The Bertz CT molecular complexity index is 777. The van der Waals surface area contributed by atoms with E-state index in [-0.39, 0.29) is 16.6 Å². The summed E-state index contributed by atoms with van der Waals surface area (Å²) < 4.78 is 27.5. The number of hydrogen-bond acceptors (Lipinski definition) is 6. The summed E-state index contributed by atoms with van der Waals surface area (Å²) in [6.45, 7) is 1.74. The van der Waals surface area contributed by atoms with Crippen LogP contribution >= 0.6 is 11.8 Å². The van der Waals surface area contributed by atoms with Gasteiger partial charge in [0.2, 0.25) is 10.0 Å². The lowest BCUT2D eigenvalue weighted by Crippen LogP contribution is -2.33. The Hall–Kier alpha value is -1.32. The van der Waals surface area contributed by atoms with Gasteiger partial charge in [-0.1, -0.05) is 12.8 Å². The molecule has 2 heterocycles. The maximum atomic E-state index is 13.0. The second-order valence-electron chi connectivity index (χ2n) is 7.17. The molecule has 150 valence electrons. The van der Waals surface area contributed by atoms with Gasteiger partial charge in [-0.2, -0.15) is 16.1 Å². The third kappa shape index (κ3) is 4.41. The van der Waals surface area contributed by atoms with Gasteiger partial charge >= 0.3 is 0 Å². The minimum Gasteiger partial charge on any atom is -0.362 e. The van der Waals surface area contributed by atoms with E-state index in [4.69, 9.17) is 0 Å². The first-order chi connectivity index (χ1) is 12.9. The number of benzene rings is 1. The number of hydrogen-bond donors (Lipinski definition) is 0. The van der Waals surface area contributed by atoms with Crippen molar-refractivity contribution < 1.29 is 13.3 Å². The topological polar surface area (TPSA) is 83.8 Å².